The molecule has 0 bridgehead atoms. The van der Waals surface area contributed by atoms with Crippen LogP contribution >= 0.6 is 0 Å². The minimum atomic E-state index is -0.165. The van der Waals surface area contributed by atoms with E-state index in [2.05, 4.69) is 110 Å². The predicted molar refractivity (Wildman–Crippen MR) is 164 cm³/mol. The molecule has 4 heteroatoms. The van der Waals surface area contributed by atoms with E-state index in [4.69, 9.17) is 9.47 Å². The summed E-state index contributed by atoms with van der Waals surface area (Å²) in [5.41, 5.74) is 9.63. The smallest absolute Gasteiger partial charge is 0.172 e. The third-order valence-corrected chi connectivity index (χ3v) is 7.66. The predicted octanol–water partition coefficient (Wildman–Crippen LogP) is 9.16. The van der Waals surface area contributed by atoms with E-state index >= 15 is 0 Å². The first-order valence-corrected chi connectivity index (χ1v) is 13.7. The molecular weight excluding hydrogens is 482 g/mol. The molecule has 5 rings (SSSR count). The molecule has 0 radical (unpaired) electrons. The monoisotopic (exact) mass is 523 g/mol. The number of ether oxygens (including phenoxy) is 2. The molecule has 2 aliphatic rings. The molecule has 3 aromatic rings. The van der Waals surface area contributed by atoms with Gasteiger partial charge in [0.05, 0.1) is 18.2 Å². The quantitative estimate of drug-likeness (QED) is 0.352. The largest absolute Gasteiger partial charge is 0.504 e. The van der Waals surface area contributed by atoms with Crippen molar-refractivity contribution in [2.45, 2.75) is 78.7 Å². The van der Waals surface area contributed by atoms with E-state index in [1.54, 1.807) is 13.2 Å². The molecule has 0 amide bonds. The zero-order valence-electron chi connectivity index (χ0n) is 25.0. The summed E-state index contributed by atoms with van der Waals surface area (Å²) in [6, 6.07) is 14.6. The summed E-state index contributed by atoms with van der Waals surface area (Å²) >= 11 is 0. The Balaban J connectivity index is 1.83. The van der Waals surface area contributed by atoms with Crippen LogP contribution in [0.3, 0.4) is 0 Å². The van der Waals surface area contributed by atoms with Crippen molar-refractivity contribution in [3.63, 3.8) is 0 Å². The second kappa shape index (κ2) is 8.94. The van der Waals surface area contributed by atoms with Crippen molar-refractivity contribution < 1.29 is 14.6 Å². The lowest BCUT2D eigenvalue weighted by Gasteiger charge is -2.35. The Kier molecular flexibility index (Phi) is 6.17. The first-order chi connectivity index (χ1) is 18.1. The minimum Gasteiger partial charge on any atom is -0.504 e. The van der Waals surface area contributed by atoms with Crippen LogP contribution in [0.4, 0.5) is 5.69 Å². The number of phenols is 1. The number of hydrogen-bond donors (Lipinski definition) is 2. The summed E-state index contributed by atoms with van der Waals surface area (Å²) in [5, 5.41) is 14.3. The highest BCUT2D eigenvalue weighted by atomic mass is 16.5. The summed E-state index contributed by atoms with van der Waals surface area (Å²) < 4.78 is 12.4. The number of nitrogens with one attached hydrogen (secondary N) is 1. The van der Waals surface area contributed by atoms with E-state index < -0.39 is 0 Å². The van der Waals surface area contributed by atoms with Gasteiger partial charge in [-0.3, -0.25) is 0 Å². The fraction of sp³-hybridized carbons (Fsp3) is 0.371. The van der Waals surface area contributed by atoms with Gasteiger partial charge in [0.2, 0.25) is 0 Å². The lowest BCUT2D eigenvalue weighted by atomic mass is 9.79. The first-order valence-electron chi connectivity index (χ1n) is 13.7. The van der Waals surface area contributed by atoms with E-state index in [9.17, 15) is 5.11 Å². The van der Waals surface area contributed by atoms with Gasteiger partial charge in [0.1, 0.15) is 11.5 Å². The normalized spacial score (nSPS) is 16.9. The standard InChI is InChI=1S/C35H41NO3/c1-20-19-35(8,9)36-25-12-11-24-30(29(20)25)28(39-27-14-13-26(37)32(38-10)31(24)27)17-21-15-22(33(2,3)4)18-23(16-21)34(5,6)7/h11-19,36-37H,1-10H3/b28-17-. The number of hydrogen-bond acceptors (Lipinski definition) is 4. The summed E-state index contributed by atoms with van der Waals surface area (Å²) in [6.07, 6.45) is 4.43. The van der Waals surface area contributed by atoms with E-state index in [0.717, 1.165) is 39.3 Å². The van der Waals surface area contributed by atoms with E-state index in [1.165, 1.54) is 16.7 Å². The van der Waals surface area contributed by atoms with Crippen LogP contribution in [0.1, 0.15) is 90.1 Å². The molecule has 4 nitrogen and oxygen atoms in total. The lowest BCUT2D eigenvalue weighted by molar-refractivity contribution is 0.371. The number of aromatic hydroxyl groups is 1. The molecule has 204 valence electrons. The number of allylic oxidation sites excluding steroid dienone is 1. The van der Waals surface area contributed by atoms with Crippen LogP contribution in [0.25, 0.3) is 28.5 Å². The highest BCUT2D eigenvalue weighted by molar-refractivity contribution is 6.02. The Bertz CT molecular complexity index is 1510. The van der Waals surface area contributed by atoms with Crippen LogP contribution in [-0.2, 0) is 10.8 Å². The number of rotatable bonds is 2. The van der Waals surface area contributed by atoms with Crippen molar-refractivity contribution in [3.05, 3.63) is 76.4 Å². The van der Waals surface area contributed by atoms with Crippen molar-refractivity contribution in [3.8, 4) is 28.4 Å². The van der Waals surface area contributed by atoms with Gasteiger partial charge in [-0.2, -0.15) is 0 Å². The second-order valence-corrected chi connectivity index (χ2v) is 13.5. The van der Waals surface area contributed by atoms with Crippen LogP contribution in [0.5, 0.6) is 17.2 Å². The van der Waals surface area contributed by atoms with Crippen molar-refractivity contribution in [1.29, 1.82) is 0 Å². The lowest BCUT2D eigenvalue weighted by Crippen LogP contribution is -2.32. The van der Waals surface area contributed by atoms with Crippen molar-refractivity contribution in [1.82, 2.24) is 0 Å². The van der Waals surface area contributed by atoms with E-state index in [-0.39, 0.29) is 22.1 Å². The van der Waals surface area contributed by atoms with Gasteiger partial charge >= 0.3 is 0 Å². The number of benzene rings is 3. The number of phenolic OH excluding ortho intramolecular Hbond substituents is 1. The molecule has 0 aromatic heterocycles. The van der Waals surface area contributed by atoms with Crippen LogP contribution in [0, 0.1) is 0 Å². The summed E-state index contributed by atoms with van der Waals surface area (Å²) in [7, 11) is 1.58. The zero-order chi connectivity index (χ0) is 28.5. The molecular formula is C35H41NO3. The fourth-order valence-corrected chi connectivity index (χ4v) is 5.70. The summed E-state index contributed by atoms with van der Waals surface area (Å²) in [5.74, 6) is 1.96. The van der Waals surface area contributed by atoms with Crippen LogP contribution in [-0.4, -0.2) is 17.8 Å². The molecule has 0 atom stereocenters. The Labute approximate surface area is 233 Å². The van der Waals surface area contributed by atoms with Crippen LogP contribution < -0.4 is 14.8 Å². The van der Waals surface area contributed by atoms with Crippen LogP contribution in [0.2, 0.25) is 0 Å². The summed E-state index contributed by atoms with van der Waals surface area (Å²) in [4.78, 5) is 0. The highest BCUT2D eigenvalue weighted by Gasteiger charge is 2.33. The summed E-state index contributed by atoms with van der Waals surface area (Å²) in [6.45, 7) is 20.0. The van der Waals surface area contributed by atoms with Gasteiger partial charge in [-0.05, 0) is 78.1 Å². The minimum absolute atomic E-state index is 0.00529. The third kappa shape index (κ3) is 4.82. The molecule has 2 N–H and O–H groups in total. The van der Waals surface area contributed by atoms with Gasteiger partial charge in [0, 0.05) is 22.4 Å². The van der Waals surface area contributed by atoms with Gasteiger partial charge in [0.25, 0.3) is 0 Å². The molecule has 0 saturated heterocycles. The van der Waals surface area contributed by atoms with Gasteiger partial charge in [-0.25, -0.2) is 0 Å². The maximum absolute atomic E-state index is 10.6. The van der Waals surface area contributed by atoms with E-state index in [0.29, 0.717) is 11.5 Å². The molecule has 39 heavy (non-hydrogen) atoms. The first kappa shape index (κ1) is 26.9. The third-order valence-electron chi connectivity index (χ3n) is 7.66. The zero-order valence-corrected chi connectivity index (χ0v) is 25.0. The molecule has 3 aromatic carbocycles. The van der Waals surface area contributed by atoms with E-state index in [1.807, 2.05) is 6.07 Å². The maximum atomic E-state index is 10.6. The average Bonchev–Trinajstić information content (AvgIpc) is 2.81. The maximum Gasteiger partial charge on any atom is 0.172 e. The second-order valence-electron chi connectivity index (χ2n) is 13.5. The fourth-order valence-electron chi connectivity index (χ4n) is 5.70. The van der Waals surface area contributed by atoms with Gasteiger partial charge < -0.3 is 19.9 Å². The Morgan fingerprint density at radius 1 is 0.872 bits per heavy atom. The molecule has 2 aliphatic heterocycles. The SMILES string of the molecule is COc1c(O)ccc2c1-c1ccc3c(c1/C(=C/c1cc(C(C)(C)C)cc(C(C)(C)C)c1)O2)C(C)=CC(C)(C)N3. The Morgan fingerprint density at radius 2 is 1.51 bits per heavy atom. The molecule has 2 heterocycles. The van der Waals surface area contributed by atoms with Gasteiger partial charge in [0.15, 0.2) is 11.5 Å². The molecule has 0 fully saturated rings. The molecule has 0 saturated carbocycles. The highest BCUT2D eigenvalue weighted by Crippen LogP contribution is 2.54. The number of methoxy groups -OCH3 is 1. The number of anilines is 1. The number of fused-ring (bicyclic) bond motifs is 5. The van der Waals surface area contributed by atoms with Crippen molar-refractivity contribution in [2.75, 3.05) is 12.4 Å². The molecule has 0 aliphatic carbocycles. The Hall–Kier alpha value is -3.66. The topological polar surface area (TPSA) is 50.7 Å². The molecule has 0 unspecified atom stereocenters. The van der Waals surface area contributed by atoms with Gasteiger partial charge in [-0.15, -0.1) is 0 Å². The van der Waals surface area contributed by atoms with Crippen molar-refractivity contribution in [2.24, 2.45) is 0 Å². The van der Waals surface area contributed by atoms with Crippen LogP contribution in [0.15, 0.2) is 48.5 Å². The average molecular weight is 524 g/mol. The van der Waals surface area contributed by atoms with Gasteiger partial charge in [-0.1, -0.05) is 71.9 Å². The molecule has 0 spiro atoms. The van der Waals surface area contributed by atoms with Crippen molar-refractivity contribution >= 4 is 23.1 Å². The Morgan fingerprint density at radius 3 is 2.10 bits per heavy atom.